The van der Waals surface area contributed by atoms with E-state index in [1.807, 2.05) is 0 Å². The highest BCUT2D eigenvalue weighted by Crippen LogP contribution is 2.19. The normalized spacial score (nSPS) is 11.3. The summed E-state index contributed by atoms with van der Waals surface area (Å²) >= 11 is 0. The van der Waals surface area contributed by atoms with Crippen molar-refractivity contribution in [3.63, 3.8) is 0 Å². The fourth-order valence-electron chi connectivity index (χ4n) is 2.36. The van der Waals surface area contributed by atoms with Crippen molar-refractivity contribution in [3.8, 4) is 0 Å². The first-order chi connectivity index (χ1) is 8.66. The molecule has 0 heterocycles. The molecule has 1 heteroatoms. The van der Waals surface area contributed by atoms with E-state index in [-0.39, 0.29) is 0 Å². The van der Waals surface area contributed by atoms with Crippen LogP contribution in [0, 0.1) is 20.8 Å². The van der Waals surface area contributed by atoms with Crippen LogP contribution in [0.3, 0.4) is 0 Å². The maximum Gasteiger partial charge on any atom is -0.0135 e. The standard InChI is InChI=1S/C17H20P/c1-13-11-14(2)17(15(3)12-13)18-10-9-16-7-5-4-6-8-16/h4-8,11-12H,9-10H2,1-3H3. The molecule has 1 radical (unpaired) electrons. The molecule has 18 heavy (non-hydrogen) atoms. The summed E-state index contributed by atoms with van der Waals surface area (Å²) in [5.41, 5.74) is 5.67. The summed E-state index contributed by atoms with van der Waals surface area (Å²) < 4.78 is 0. The van der Waals surface area contributed by atoms with Crippen molar-refractivity contribution in [3.05, 3.63) is 64.7 Å². The predicted molar refractivity (Wildman–Crippen MR) is 82.2 cm³/mol. The Bertz CT molecular complexity index is 491. The summed E-state index contributed by atoms with van der Waals surface area (Å²) in [5.74, 6) is 0. The lowest BCUT2D eigenvalue weighted by Gasteiger charge is -2.10. The van der Waals surface area contributed by atoms with E-state index < -0.39 is 0 Å². The van der Waals surface area contributed by atoms with E-state index in [0.717, 1.165) is 6.42 Å². The second-order valence-corrected chi connectivity index (χ2v) is 6.08. The van der Waals surface area contributed by atoms with Crippen molar-refractivity contribution < 1.29 is 0 Å². The maximum absolute atomic E-state index is 2.29. The minimum absolute atomic E-state index is 1.16. The van der Waals surface area contributed by atoms with Crippen LogP contribution in [0.25, 0.3) is 0 Å². The topological polar surface area (TPSA) is 0 Å². The fourth-order valence-corrected chi connectivity index (χ4v) is 3.58. The quantitative estimate of drug-likeness (QED) is 0.709. The molecule has 0 aliphatic rings. The predicted octanol–water partition coefficient (Wildman–Crippen LogP) is 4.43. The van der Waals surface area contributed by atoms with Gasteiger partial charge in [-0.15, -0.1) is 0 Å². The molecule has 0 aromatic heterocycles. The summed E-state index contributed by atoms with van der Waals surface area (Å²) in [6.45, 7) is 6.63. The third-order valence-corrected chi connectivity index (χ3v) is 4.62. The number of aryl methyl sites for hydroxylation is 4. The number of rotatable bonds is 4. The molecule has 0 atom stereocenters. The van der Waals surface area contributed by atoms with E-state index in [1.165, 1.54) is 42.3 Å². The lowest BCUT2D eigenvalue weighted by Crippen LogP contribution is -2.07. The molecule has 0 unspecified atom stereocenters. The van der Waals surface area contributed by atoms with Gasteiger partial charge >= 0.3 is 0 Å². The molecule has 0 aliphatic carbocycles. The van der Waals surface area contributed by atoms with Crippen molar-refractivity contribution in [1.82, 2.24) is 0 Å². The zero-order chi connectivity index (χ0) is 13.0. The molecule has 2 rings (SSSR count). The third-order valence-electron chi connectivity index (χ3n) is 3.15. The highest BCUT2D eigenvalue weighted by molar-refractivity contribution is 7.47. The van der Waals surface area contributed by atoms with Crippen molar-refractivity contribution in [2.75, 3.05) is 6.16 Å². The monoisotopic (exact) mass is 255 g/mol. The lowest BCUT2D eigenvalue weighted by molar-refractivity contribution is 1.15. The van der Waals surface area contributed by atoms with Gasteiger partial charge in [0.2, 0.25) is 0 Å². The van der Waals surface area contributed by atoms with Crippen LogP contribution >= 0.6 is 8.58 Å². The molecular formula is C17H20P. The number of hydrogen-bond acceptors (Lipinski definition) is 0. The summed E-state index contributed by atoms with van der Waals surface area (Å²) in [4.78, 5) is 0. The molecular weight excluding hydrogens is 235 g/mol. The third kappa shape index (κ3) is 3.43. The van der Waals surface area contributed by atoms with Gasteiger partial charge in [-0.1, -0.05) is 48.0 Å². The van der Waals surface area contributed by atoms with Gasteiger partial charge in [0.1, 0.15) is 0 Å². The fraction of sp³-hybridized carbons (Fsp3) is 0.294. The van der Waals surface area contributed by atoms with Gasteiger partial charge in [-0.25, -0.2) is 0 Å². The molecule has 0 N–H and O–H groups in total. The van der Waals surface area contributed by atoms with Crippen LogP contribution in [-0.4, -0.2) is 6.16 Å². The van der Waals surface area contributed by atoms with Crippen LogP contribution in [0.4, 0.5) is 0 Å². The van der Waals surface area contributed by atoms with E-state index in [2.05, 4.69) is 63.2 Å². The molecule has 0 aliphatic heterocycles. The summed E-state index contributed by atoms with van der Waals surface area (Å²) in [6.07, 6.45) is 2.36. The average molecular weight is 255 g/mol. The number of benzene rings is 2. The van der Waals surface area contributed by atoms with E-state index >= 15 is 0 Å². The first-order valence-electron chi connectivity index (χ1n) is 6.46. The molecule has 0 saturated carbocycles. The Morgan fingerprint density at radius 3 is 2.11 bits per heavy atom. The summed E-state index contributed by atoms with van der Waals surface area (Å²) in [7, 11) is 1.45. The minimum atomic E-state index is 1.16. The molecule has 0 nitrogen and oxygen atoms in total. The van der Waals surface area contributed by atoms with Crippen LogP contribution in [0.1, 0.15) is 22.3 Å². The van der Waals surface area contributed by atoms with Crippen LogP contribution in [0.2, 0.25) is 0 Å². The molecule has 0 amide bonds. The van der Waals surface area contributed by atoms with E-state index in [0.29, 0.717) is 0 Å². The van der Waals surface area contributed by atoms with E-state index in [9.17, 15) is 0 Å². The van der Waals surface area contributed by atoms with Crippen molar-refractivity contribution in [2.24, 2.45) is 0 Å². The van der Waals surface area contributed by atoms with Crippen LogP contribution < -0.4 is 5.30 Å². The number of hydrogen-bond donors (Lipinski definition) is 0. The molecule has 2 aromatic carbocycles. The van der Waals surface area contributed by atoms with Gasteiger partial charge in [-0.3, -0.25) is 0 Å². The first-order valence-corrected chi connectivity index (χ1v) is 7.54. The molecule has 0 saturated heterocycles. The highest BCUT2D eigenvalue weighted by Gasteiger charge is 2.04. The largest absolute Gasteiger partial charge is 0.0622 e. The van der Waals surface area contributed by atoms with Crippen LogP contribution in [-0.2, 0) is 6.42 Å². The van der Waals surface area contributed by atoms with Gasteiger partial charge in [0, 0.05) is 0 Å². The van der Waals surface area contributed by atoms with Gasteiger partial charge in [-0.05, 0) is 63.9 Å². The first kappa shape index (κ1) is 13.3. The van der Waals surface area contributed by atoms with Crippen LogP contribution in [0.5, 0.6) is 0 Å². The lowest BCUT2D eigenvalue weighted by atomic mass is 10.1. The Labute approximate surface area is 112 Å². The van der Waals surface area contributed by atoms with Crippen molar-refractivity contribution in [2.45, 2.75) is 27.2 Å². The zero-order valence-corrected chi connectivity index (χ0v) is 12.3. The van der Waals surface area contributed by atoms with Gasteiger partial charge in [0.05, 0.1) is 0 Å². The molecule has 0 bridgehead atoms. The minimum Gasteiger partial charge on any atom is -0.0622 e. The Hall–Kier alpha value is -1.13. The molecule has 0 fully saturated rings. The van der Waals surface area contributed by atoms with Crippen molar-refractivity contribution >= 4 is 13.9 Å². The zero-order valence-electron chi connectivity index (χ0n) is 11.4. The molecule has 93 valence electrons. The van der Waals surface area contributed by atoms with Crippen molar-refractivity contribution in [1.29, 1.82) is 0 Å². The Morgan fingerprint density at radius 1 is 0.889 bits per heavy atom. The van der Waals surface area contributed by atoms with E-state index in [4.69, 9.17) is 0 Å². The second kappa shape index (κ2) is 6.16. The molecule has 0 spiro atoms. The SMILES string of the molecule is Cc1cc(C)c([P]CCc2ccccc2)c(C)c1. The average Bonchev–Trinajstić information content (AvgIpc) is 2.34. The Kier molecular flexibility index (Phi) is 4.55. The van der Waals surface area contributed by atoms with Crippen LogP contribution in [0.15, 0.2) is 42.5 Å². The van der Waals surface area contributed by atoms with Gasteiger partial charge in [0.15, 0.2) is 0 Å². The van der Waals surface area contributed by atoms with Gasteiger partial charge < -0.3 is 0 Å². The highest BCUT2D eigenvalue weighted by atomic mass is 31.1. The summed E-state index contributed by atoms with van der Waals surface area (Å²) in [6, 6.07) is 15.3. The Balaban J connectivity index is 1.99. The van der Waals surface area contributed by atoms with Gasteiger partial charge in [-0.2, -0.15) is 0 Å². The maximum atomic E-state index is 2.29. The van der Waals surface area contributed by atoms with Gasteiger partial charge in [0.25, 0.3) is 0 Å². The second-order valence-electron chi connectivity index (χ2n) is 4.86. The van der Waals surface area contributed by atoms with E-state index in [1.54, 1.807) is 0 Å². The Morgan fingerprint density at radius 2 is 1.50 bits per heavy atom. The molecule has 2 aromatic rings. The smallest absolute Gasteiger partial charge is 0.0135 e. The summed E-state index contributed by atoms with van der Waals surface area (Å²) in [5, 5.41) is 1.51.